The van der Waals surface area contributed by atoms with Crippen LogP contribution in [0.4, 0.5) is 0 Å². The predicted octanol–water partition coefficient (Wildman–Crippen LogP) is 7.19. The lowest BCUT2D eigenvalue weighted by Crippen LogP contribution is -2.36. The zero-order valence-corrected chi connectivity index (χ0v) is 28.4. The van der Waals surface area contributed by atoms with E-state index in [1.165, 1.54) is 41.6 Å². The standard InChI is InChI=1S/C35H46N4O4.C2H6/c1-6-30(32-9-8-10-33(37-32)39-35(42-7-2)29(22-40)19-36-39)34(24(3)4)43-23-28-12-11-27-21-38(16-13-31(27)25(28)5)20-26-14-17-41-18-15-26;1-2/h6,8-12,19,26,40H,7,13-18,20-23H2,1-5H3;1-2H3/b30-6-;. The number of benzene rings is 1. The van der Waals surface area contributed by atoms with E-state index in [0.717, 1.165) is 61.2 Å². The summed E-state index contributed by atoms with van der Waals surface area (Å²) in [6.45, 7) is 20.3. The number of nitrogens with zero attached hydrogens (tertiary/aromatic N) is 4. The van der Waals surface area contributed by atoms with Gasteiger partial charge in [-0.3, -0.25) is 4.90 Å². The SMILES string of the molecule is C/C=C(\C(OCc1ccc2c(c1C)CCN(CC1CCOCC1)C2)=C(C)C)c1cccc(-n2ncc(CO)c2OCC)n1.CC. The number of hydrogen-bond acceptors (Lipinski definition) is 7. The van der Waals surface area contributed by atoms with Crippen molar-refractivity contribution in [3.63, 3.8) is 0 Å². The van der Waals surface area contributed by atoms with Crippen LogP contribution in [0.15, 0.2) is 53.9 Å². The van der Waals surface area contributed by atoms with Crippen molar-refractivity contribution in [2.24, 2.45) is 5.92 Å². The van der Waals surface area contributed by atoms with Gasteiger partial charge in [0.05, 0.1) is 30.7 Å². The molecule has 8 nitrogen and oxygen atoms in total. The van der Waals surface area contributed by atoms with Crippen molar-refractivity contribution < 1.29 is 19.3 Å². The van der Waals surface area contributed by atoms with Crippen molar-refractivity contribution >= 4 is 5.57 Å². The summed E-state index contributed by atoms with van der Waals surface area (Å²) in [5, 5.41) is 14.2. The number of rotatable bonds is 11. The molecule has 2 aromatic heterocycles. The number of fused-ring (bicyclic) bond motifs is 1. The predicted molar refractivity (Wildman–Crippen MR) is 180 cm³/mol. The Kier molecular flexibility index (Phi) is 12.8. The molecule has 1 aromatic carbocycles. The van der Waals surface area contributed by atoms with Gasteiger partial charge in [0.15, 0.2) is 5.82 Å². The van der Waals surface area contributed by atoms with Gasteiger partial charge >= 0.3 is 0 Å². The van der Waals surface area contributed by atoms with Crippen molar-refractivity contribution in [2.45, 2.75) is 87.5 Å². The van der Waals surface area contributed by atoms with Crippen LogP contribution in [0.1, 0.15) is 87.9 Å². The third kappa shape index (κ3) is 8.23. The van der Waals surface area contributed by atoms with Crippen LogP contribution >= 0.6 is 0 Å². The highest BCUT2D eigenvalue weighted by Crippen LogP contribution is 2.31. The summed E-state index contributed by atoms with van der Waals surface area (Å²) in [6, 6.07) is 10.4. The Morgan fingerprint density at radius 3 is 2.58 bits per heavy atom. The van der Waals surface area contributed by atoms with Crippen LogP contribution in [0, 0.1) is 12.8 Å². The monoisotopic (exact) mass is 616 g/mol. The summed E-state index contributed by atoms with van der Waals surface area (Å²) in [7, 11) is 0. The molecule has 0 spiro atoms. The normalized spacial score (nSPS) is 15.6. The number of hydrogen-bond donors (Lipinski definition) is 1. The lowest BCUT2D eigenvalue weighted by molar-refractivity contribution is 0.0506. The van der Waals surface area contributed by atoms with Crippen LogP contribution in [0.2, 0.25) is 0 Å². The summed E-state index contributed by atoms with van der Waals surface area (Å²) < 4.78 is 19.6. The van der Waals surface area contributed by atoms with E-state index >= 15 is 0 Å². The van der Waals surface area contributed by atoms with E-state index in [0.29, 0.717) is 30.5 Å². The van der Waals surface area contributed by atoms with Crippen LogP contribution in [0.3, 0.4) is 0 Å². The molecule has 244 valence electrons. The zero-order chi connectivity index (χ0) is 32.3. The molecule has 0 atom stereocenters. The molecule has 0 saturated carbocycles. The average Bonchev–Trinajstić information content (AvgIpc) is 3.48. The molecule has 0 radical (unpaired) electrons. The second-order valence-corrected chi connectivity index (χ2v) is 11.7. The fourth-order valence-corrected chi connectivity index (χ4v) is 6.22. The first kappa shape index (κ1) is 34.4. The van der Waals surface area contributed by atoms with Crippen molar-refractivity contribution in [1.82, 2.24) is 19.7 Å². The molecule has 1 fully saturated rings. The number of allylic oxidation sites excluding steroid dienone is 3. The summed E-state index contributed by atoms with van der Waals surface area (Å²) in [5.41, 5.74) is 8.92. The zero-order valence-electron chi connectivity index (χ0n) is 28.4. The minimum absolute atomic E-state index is 0.151. The van der Waals surface area contributed by atoms with Crippen molar-refractivity contribution in [3.8, 4) is 11.7 Å². The van der Waals surface area contributed by atoms with Crippen LogP contribution in [-0.2, 0) is 35.7 Å². The van der Waals surface area contributed by atoms with E-state index in [2.05, 4.69) is 42.9 Å². The first-order valence-electron chi connectivity index (χ1n) is 16.6. The fourth-order valence-electron chi connectivity index (χ4n) is 6.22. The van der Waals surface area contributed by atoms with Gasteiger partial charge in [-0.05, 0) is 99.8 Å². The molecule has 1 N–H and O–H groups in total. The number of pyridine rings is 1. The second-order valence-electron chi connectivity index (χ2n) is 11.7. The topological polar surface area (TPSA) is 81.9 Å². The fraction of sp³-hybridized carbons (Fsp3) is 0.514. The number of aliphatic hydroxyl groups excluding tert-OH is 1. The molecular weight excluding hydrogens is 564 g/mol. The Hall–Kier alpha value is -3.46. The Labute approximate surface area is 269 Å². The maximum atomic E-state index is 9.74. The summed E-state index contributed by atoms with van der Waals surface area (Å²) >= 11 is 0. The molecule has 0 aliphatic carbocycles. The van der Waals surface area contributed by atoms with Crippen molar-refractivity contribution in [3.05, 3.63) is 87.4 Å². The molecule has 2 aliphatic rings. The highest BCUT2D eigenvalue weighted by atomic mass is 16.5. The van der Waals surface area contributed by atoms with Crippen LogP contribution in [0.5, 0.6) is 5.88 Å². The summed E-state index contributed by atoms with van der Waals surface area (Å²) in [6.07, 6.45) is 7.11. The highest BCUT2D eigenvalue weighted by Gasteiger charge is 2.24. The van der Waals surface area contributed by atoms with E-state index in [-0.39, 0.29) is 6.61 Å². The smallest absolute Gasteiger partial charge is 0.223 e. The Bertz CT molecular complexity index is 1470. The molecule has 3 aromatic rings. The highest BCUT2D eigenvalue weighted by molar-refractivity contribution is 5.76. The van der Waals surface area contributed by atoms with E-state index in [1.807, 2.05) is 52.0 Å². The van der Waals surface area contributed by atoms with E-state index in [9.17, 15) is 5.11 Å². The number of aromatic nitrogens is 3. The van der Waals surface area contributed by atoms with Crippen LogP contribution in [0.25, 0.3) is 11.4 Å². The minimum Gasteiger partial charge on any atom is -0.488 e. The largest absolute Gasteiger partial charge is 0.488 e. The Balaban J connectivity index is 0.00000226. The van der Waals surface area contributed by atoms with E-state index in [4.69, 9.17) is 19.2 Å². The molecule has 5 rings (SSSR count). The molecule has 0 amide bonds. The average molecular weight is 617 g/mol. The first-order valence-corrected chi connectivity index (χ1v) is 16.6. The molecule has 45 heavy (non-hydrogen) atoms. The molecule has 4 heterocycles. The lowest BCUT2D eigenvalue weighted by atomic mass is 9.91. The summed E-state index contributed by atoms with van der Waals surface area (Å²) in [5.74, 6) is 2.70. The van der Waals surface area contributed by atoms with Crippen molar-refractivity contribution in [1.29, 1.82) is 0 Å². The maximum Gasteiger partial charge on any atom is 0.223 e. The van der Waals surface area contributed by atoms with Gasteiger partial charge in [0, 0.05) is 38.4 Å². The minimum atomic E-state index is -0.151. The first-order chi connectivity index (χ1) is 21.9. The van der Waals surface area contributed by atoms with Crippen LogP contribution in [-0.4, -0.2) is 57.7 Å². The van der Waals surface area contributed by atoms with Gasteiger partial charge in [-0.1, -0.05) is 38.1 Å². The summed E-state index contributed by atoms with van der Waals surface area (Å²) in [4.78, 5) is 7.56. The molecular formula is C37H52N4O4. The van der Waals surface area contributed by atoms with Gasteiger partial charge in [0.25, 0.3) is 0 Å². The van der Waals surface area contributed by atoms with Gasteiger partial charge in [0.2, 0.25) is 5.88 Å². The lowest BCUT2D eigenvalue weighted by Gasteiger charge is -2.34. The van der Waals surface area contributed by atoms with E-state index < -0.39 is 0 Å². The third-order valence-electron chi connectivity index (χ3n) is 8.57. The van der Waals surface area contributed by atoms with Gasteiger partial charge in [0.1, 0.15) is 12.4 Å². The molecule has 0 unspecified atom stereocenters. The van der Waals surface area contributed by atoms with Gasteiger partial charge < -0.3 is 19.3 Å². The second kappa shape index (κ2) is 16.7. The quantitative estimate of drug-likeness (QED) is 0.180. The van der Waals surface area contributed by atoms with E-state index in [1.54, 1.807) is 10.9 Å². The Morgan fingerprint density at radius 2 is 1.89 bits per heavy atom. The number of ether oxygens (including phenoxy) is 3. The molecule has 1 saturated heterocycles. The van der Waals surface area contributed by atoms with Gasteiger partial charge in [-0.25, -0.2) is 4.98 Å². The Morgan fingerprint density at radius 1 is 1.11 bits per heavy atom. The molecule has 0 bridgehead atoms. The van der Waals surface area contributed by atoms with Crippen molar-refractivity contribution in [2.75, 3.05) is 32.9 Å². The van der Waals surface area contributed by atoms with Gasteiger partial charge in [-0.2, -0.15) is 9.78 Å². The molecule has 8 heteroatoms. The maximum absolute atomic E-state index is 9.74. The third-order valence-corrected chi connectivity index (χ3v) is 8.57. The van der Waals surface area contributed by atoms with Crippen LogP contribution < -0.4 is 4.74 Å². The number of aliphatic hydroxyl groups is 1. The molecule has 2 aliphatic heterocycles. The van der Waals surface area contributed by atoms with Gasteiger partial charge in [-0.15, -0.1) is 0 Å².